The molecule has 1 aliphatic rings. The largest absolute Gasteiger partial charge is 0.508 e. The van der Waals surface area contributed by atoms with Crippen molar-refractivity contribution in [3.63, 3.8) is 0 Å². The van der Waals surface area contributed by atoms with Crippen LogP contribution in [0.25, 0.3) is 0 Å². The summed E-state index contributed by atoms with van der Waals surface area (Å²) < 4.78 is 0. The molecule has 0 aromatic heterocycles. The van der Waals surface area contributed by atoms with Crippen LogP contribution < -0.4 is 5.32 Å². The fourth-order valence-corrected chi connectivity index (χ4v) is 2.48. The molecule has 2 rings (SSSR count). The Kier molecular flexibility index (Phi) is 3.83. The number of nitrogens with one attached hydrogen (secondary N) is 1. The lowest BCUT2D eigenvalue weighted by Crippen LogP contribution is -2.29. The molecule has 1 aromatic carbocycles. The van der Waals surface area contributed by atoms with E-state index in [2.05, 4.69) is 18.3 Å². The molecular formula is C14H21NO. The third-order valence-electron chi connectivity index (χ3n) is 3.39. The van der Waals surface area contributed by atoms with E-state index < -0.39 is 0 Å². The Hall–Kier alpha value is -1.02. The molecule has 0 aliphatic carbocycles. The standard InChI is InChI=1S/C14H21NO/c1-2-3-4-5-14-13-10-12(16)7-6-11(13)8-9-15-14/h6-7,10,14-16H,2-5,8-9H2,1H3. The van der Waals surface area contributed by atoms with Crippen molar-refractivity contribution in [2.24, 2.45) is 0 Å². The monoisotopic (exact) mass is 219 g/mol. The maximum atomic E-state index is 9.55. The van der Waals surface area contributed by atoms with E-state index in [1.807, 2.05) is 6.07 Å². The molecule has 2 N–H and O–H groups in total. The quantitative estimate of drug-likeness (QED) is 0.762. The third-order valence-corrected chi connectivity index (χ3v) is 3.39. The molecule has 2 heteroatoms. The summed E-state index contributed by atoms with van der Waals surface area (Å²) in [5, 5.41) is 13.1. The number of benzene rings is 1. The average Bonchev–Trinajstić information content (AvgIpc) is 2.30. The number of unbranched alkanes of at least 4 members (excludes halogenated alkanes) is 2. The van der Waals surface area contributed by atoms with Crippen molar-refractivity contribution in [3.8, 4) is 5.75 Å². The molecule has 0 fully saturated rings. The molecule has 1 heterocycles. The molecule has 0 amide bonds. The number of phenolic OH excluding ortho intramolecular Hbond substituents is 1. The van der Waals surface area contributed by atoms with Gasteiger partial charge in [0.15, 0.2) is 0 Å². The van der Waals surface area contributed by atoms with Gasteiger partial charge in [0.2, 0.25) is 0 Å². The van der Waals surface area contributed by atoms with E-state index in [0.717, 1.165) is 13.0 Å². The summed E-state index contributed by atoms with van der Waals surface area (Å²) in [6.07, 6.45) is 6.10. The zero-order valence-electron chi connectivity index (χ0n) is 10.00. The normalized spacial score (nSPS) is 19.4. The number of aromatic hydroxyl groups is 1. The van der Waals surface area contributed by atoms with Crippen molar-refractivity contribution in [1.29, 1.82) is 0 Å². The molecule has 1 unspecified atom stereocenters. The maximum absolute atomic E-state index is 9.55. The minimum atomic E-state index is 0.392. The summed E-state index contributed by atoms with van der Waals surface area (Å²) in [6, 6.07) is 6.24. The maximum Gasteiger partial charge on any atom is 0.115 e. The number of hydrogen-bond donors (Lipinski definition) is 2. The van der Waals surface area contributed by atoms with Crippen molar-refractivity contribution in [2.45, 2.75) is 45.1 Å². The van der Waals surface area contributed by atoms with Crippen molar-refractivity contribution in [1.82, 2.24) is 5.32 Å². The lowest BCUT2D eigenvalue weighted by atomic mass is 9.91. The van der Waals surface area contributed by atoms with Gasteiger partial charge in [0.05, 0.1) is 0 Å². The predicted octanol–water partition coefficient (Wildman–Crippen LogP) is 3.16. The summed E-state index contributed by atoms with van der Waals surface area (Å²) >= 11 is 0. The molecule has 0 radical (unpaired) electrons. The Bertz CT molecular complexity index is 349. The van der Waals surface area contributed by atoms with Crippen LogP contribution in [0.4, 0.5) is 0 Å². The summed E-state index contributed by atoms with van der Waals surface area (Å²) in [6.45, 7) is 3.29. The highest BCUT2D eigenvalue weighted by Crippen LogP contribution is 2.29. The first kappa shape index (κ1) is 11.5. The highest BCUT2D eigenvalue weighted by Gasteiger charge is 2.19. The van der Waals surface area contributed by atoms with E-state index in [1.165, 1.54) is 36.8 Å². The van der Waals surface area contributed by atoms with Gasteiger partial charge in [-0.25, -0.2) is 0 Å². The van der Waals surface area contributed by atoms with Gasteiger partial charge in [0.25, 0.3) is 0 Å². The van der Waals surface area contributed by atoms with E-state index in [9.17, 15) is 5.11 Å². The molecule has 88 valence electrons. The first-order valence-corrected chi connectivity index (χ1v) is 6.36. The highest BCUT2D eigenvalue weighted by molar-refractivity contribution is 5.38. The first-order valence-electron chi connectivity index (χ1n) is 6.36. The molecule has 0 spiro atoms. The van der Waals surface area contributed by atoms with Gasteiger partial charge in [-0.05, 0) is 42.6 Å². The Morgan fingerprint density at radius 2 is 2.25 bits per heavy atom. The van der Waals surface area contributed by atoms with Crippen LogP contribution in [-0.4, -0.2) is 11.7 Å². The molecule has 0 saturated carbocycles. The molecule has 2 nitrogen and oxygen atoms in total. The van der Waals surface area contributed by atoms with E-state index in [1.54, 1.807) is 6.07 Å². The molecular weight excluding hydrogens is 198 g/mol. The van der Waals surface area contributed by atoms with Gasteiger partial charge >= 0.3 is 0 Å². The van der Waals surface area contributed by atoms with Crippen LogP contribution in [0.2, 0.25) is 0 Å². The topological polar surface area (TPSA) is 32.3 Å². The second kappa shape index (κ2) is 5.35. The van der Waals surface area contributed by atoms with Crippen LogP contribution in [0.15, 0.2) is 18.2 Å². The second-order valence-corrected chi connectivity index (χ2v) is 4.64. The van der Waals surface area contributed by atoms with Crippen molar-refractivity contribution in [3.05, 3.63) is 29.3 Å². The summed E-state index contributed by atoms with van der Waals surface area (Å²) in [5.74, 6) is 0.392. The van der Waals surface area contributed by atoms with E-state index in [-0.39, 0.29) is 0 Å². The number of hydrogen-bond acceptors (Lipinski definition) is 2. The molecule has 0 saturated heterocycles. The van der Waals surface area contributed by atoms with Gasteiger partial charge in [-0.1, -0.05) is 32.3 Å². The van der Waals surface area contributed by atoms with Crippen LogP contribution in [-0.2, 0) is 6.42 Å². The zero-order chi connectivity index (χ0) is 11.4. The van der Waals surface area contributed by atoms with E-state index in [0.29, 0.717) is 11.8 Å². The lowest BCUT2D eigenvalue weighted by Gasteiger charge is -2.27. The van der Waals surface area contributed by atoms with Crippen LogP contribution in [0, 0.1) is 0 Å². The Morgan fingerprint density at radius 3 is 3.06 bits per heavy atom. The van der Waals surface area contributed by atoms with Gasteiger partial charge in [-0.15, -0.1) is 0 Å². The van der Waals surface area contributed by atoms with Gasteiger partial charge in [-0.2, -0.15) is 0 Å². The van der Waals surface area contributed by atoms with Crippen molar-refractivity contribution in [2.75, 3.05) is 6.54 Å². The molecule has 1 aromatic rings. The van der Waals surface area contributed by atoms with Gasteiger partial charge in [0.1, 0.15) is 5.75 Å². The minimum absolute atomic E-state index is 0.392. The Balaban J connectivity index is 2.09. The summed E-state index contributed by atoms with van der Waals surface area (Å²) in [4.78, 5) is 0. The van der Waals surface area contributed by atoms with Gasteiger partial charge in [-0.3, -0.25) is 0 Å². The van der Waals surface area contributed by atoms with Crippen LogP contribution in [0.3, 0.4) is 0 Å². The minimum Gasteiger partial charge on any atom is -0.508 e. The fourth-order valence-electron chi connectivity index (χ4n) is 2.48. The number of fused-ring (bicyclic) bond motifs is 1. The van der Waals surface area contributed by atoms with Crippen molar-refractivity contribution >= 4 is 0 Å². The third kappa shape index (κ3) is 2.56. The van der Waals surface area contributed by atoms with Crippen molar-refractivity contribution < 1.29 is 5.11 Å². The Labute approximate surface area is 97.7 Å². The van der Waals surface area contributed by atoms with E-state index >= 15 is 0 Å². The second-order valence-electron chi connectivity index (χ2n) is 4.64. The number of rotatable bonds is 4. The molecule has 0 bridgehead atoms. The fraction of sp³-hybridized carbons (Fsp3) is 0.571. The van der Waals surface area contributed by atoms with Gasteiger partial charge < -0.3 is 10.4 Å². The molecule has 1 atom stereocenters. The van der Waals surface area contributed by atoms with Gasteiger partial charge in [0, 0.05) is 6.04 Å². The van der Waals surface area contributed by atoms with E-state index in [4.69, 9.17) is 0 Å². The SMILES string of the molecule is CCCCCC1NCCc2ccc(O)cc21. The van der Waals surface area contributed by atoms with Crippen LogP contribution >= 0.6 is 0 Å². The smallest absolute Gasteiger partial charge is 0.115 e. The molecule has 1 aliphatic heterocycles. The highest BCUT2D eigenvalue weighted by atomic mass is 16.3. The summed E-state index contributed by atoms with van der Waals surface area (Å²) in [5.41, 5.74) is 2.71. The van der Waals surface area contributed by atoms with Crippen LogP contribution in [0.5, 0.6) is 5.75 Å². The average molecular weight is 219 g/mol. The Morgan fingerprint density at radius 1 is 1.38 bits per heavy atom. The molecule has 16 heavy (non-hydrogen) atoms. The lowest BCUT2D eigenvalue weighted by molar-refractivity contribution is 0.443. The zero-order valence-corrected chi connectivity index (χ0v) is 10.00. The first-order chi connectivity index (χ1) is 7.81. The van der Waals surface area contributed by atoms with Crippen LogP contribution in [0.1, 0.15) is 49.8 Å². The summed E-state index contributed by atoms with van der Waals surface area (Å²) in [7, 11) is 0. The number of phenols is 1. The predicted molar refractivity (Wildman–Crippen MR) is 66.7 cm³/mol.